The van der Waals surface area contributed by atoms with Crippen molar-refractivity contribution in [2.75, 3.05) is 6.54 Å². The quantitative estimate of drug-likeness (QED) is 0.712. The van der Waals surface area contributed by atoms with Crippen LogP contribution in [0.3, 0.4) is 0 Å². The molecule has 2 saturated carbocycles. The first-order valence-electron chi connectivity index (χ1n) is 5.78. The Bertz CT molecular complexity index is 198. The second kappa shape index (κ2) is 2.73. The molecule has 2 aliphatic carbocycles. The minimum atomic E-state index is 0.547. The first kappa shape index (κ1) is 9.51. The third kappa shape index (κ3) is 1.09. The van der Waals surface area contributed by atoms with Gasteiger partial charge in [-0.1, -0.05) is 33.6 Å². The SMILES string of the molecule is CCC1(C2C(CN)C2(C)C)CCC1. The lowest BCUT2D eigenvalue weighted by Gasteiger charge is -2.43. The molecule has 0 aliphatic heterocycles. The van der Waals surface area contributed by atoms with Crippen molar-refractivity contribution < 1.29 is 0 Å². The van der Waals surface area contributed by atoms with Gasteiger partial charge >= 0.3 is 0 Å². The van der Waals surface area contributed by atoms with E-state index in [4.69, 9.17) is 5.73 Å². The van der Waals surface area contributed by atoms with Crippen LogP contribution in [0.5, 0.6) is 0 Å². The summed E-state index contributed by atoms with van der Waals surface area (Å²) in [5.74, 6) is 1.75. The van der Waals surface area contributed by atoms with Crippen LogP contribution in [-0.4, -0.2) is 6.54 Å². The topological polar surface area (TPSA) is 26.0 Å². The maximum atomic E-state index is 5.83. The van der Waals surface area contributed by atoms with Crippen molar-refractivity contribution in [3.8, 4) is 0 Å². The summed E-state index contributed by atoms with van der Waals surface area (Å²) in [7, 11) is 0. The maximum absolute atomic E-state index is 5.83. The minimum Gasteiger partial charge on any atom is -0.330 e. The smallest absolute Gasteiger partial charge is 0.00406 e. The zero-order valence-electron chi connectivity index (χ0n) is 9.27. The summed E-state index contributed by atoms with van der Waals surface area (Å²) in [5, 5.41) is 0. The fourth-order valence-electron chi connectivity index (χ4n) is 3.92. The normalized spacial score (nSPS) is 39.7. The fraction of sp³-hybridized carbons (Fsp3) is 1.00. The predicted molar refractivity (Wildman–Crippen MR) is 56.4 cm³/mol. The van der Waals surface area contributed by atoms with Crippen LogP contribution in [0.4, 0.5) is 0 Å². The Morgan fingerprint density at radius 1 is 1.31 bits per heavy atom. The van der Waals surface area contributed by atoms with Gasteiger partial charge < -0.3 is 5.73 Å². The van der Waals surface area contributed by atoms with Crippen LogP contribution in [0.25, 0.3) is 0 Å². The van der Waals surface area contributed by atoms with Crippen molar-refractivity contribution in [2.24, 2.45) is 28.4 Å². The molecule has 13 heavy (non-hydrogen) atoms. The highest BCUT2D eigenvalue weighted by Gasteiger charge is 2.65. The van der Waals surface area contributed by atoms with E-state index in [-0.39, 0.29) is 0 Å². The first-order valence-corrected chi connectivity index (χ1v) is 5.78. The van der Waals surface area contributed by atoms with Gasteiger partial charge in [0.05, 0.1) is 0 Å². The highest BCUT2D eigenvalue weighted by atomic mass is 14.8. The highest BCUT2D eigenvalue weighted by Crippen LogP contribution is 2.71. The largest absolute Gasteiger partial charge is 0.330 e. The number of rotatable bonds is 3. The van der Waals surface area contributed by atoms with Crippen molar-refractivity contribution in [3.63, 3.8) is 0 Å². The number of hydrogen-bond donors (Lipinski definition) is 1. The van der Waals surface area contributed by atoms with Crippen LogP contribution in [0.1, 0.15) is 46.5 Å². The lowest BCUT2D eigenvalue weighted by molar-refractivity contribution is 0.0744. The fourth-order valence-corrected chi connectivity index (χ4v) is 3.92. The van der Waals surface area contributed by atoms with Crippen molar-refractivity contribution >= 4 is 0 Å². The second-order valence-corrected chi connectivity index (χ2v) is 5.71. The van der Waals surface area contributed by atoms with Crippen molar-refractivity contribution in [2.45, 2.75) is 46.5 Å². The van der Waals surface area contributed by atoms with Gasteiger partial charge in [-0.3, -0.25) is 0 Å². The predicted octanol–water partition coefficient (Wildman–Crippen LogP) is 2.80. The standard InChI is InChI=1S/C12H23N/c1-4-12(6-5-7-12)10-9(8-13)11(10,2)3/h9-10H,4-8,13H2,1-3H3. The van der Waals surface area contributed by atoms with Crippen molar-refractivity contribution in [1.29, 1.82) is 0 Å². The summed E-state index contributed by atoms with van der Waals surface area (Å²) in [6.45, 7) is 8.08. The Kier molecular flexibility index (Phi) is 1.99. The van der Waals surface area contributed by atoms with E-state index >= 15 is 0 Å². The average Bonchev–Trinajstić information content (AvgIpc) is 2.54. The summed E-state index contributed by atoms with van der Waals surface area (Å²) in [5.41, 5.74) is 7.08. The van der Waals surface area contributed by atoms with E-state index in [0.29, 0.717) is 10.8 Å². The Morgan fingerprint density at radius 3 is 2.15 bits per heavy atom. The molecule has 1 heteroatoms. The molecule has 2 atom stereocenters. The summed E-state index contributed by atoms with van der Waals surface area (Å²) in [4.78, 5) is 0. The zero-order valence-corrected chi connectivity index (χ0v) is 9.27. The molecule has 0 aromatic rings. The molecule has 76 valence electrons. The van der Waals surface area contributed by atoms with E-state index < -0.39 is 0 Å². The van der Waals surface area contributed by atoms with Gasteiger partial charge in [-0.25, -0.2) is 0 Å². The van der Waals surface area contributed by atoms with Crippen molar-refractivity contribution in [3.05, 3.63) is 0 Å². The highest BCUT2D eigenvalue weighted by molar-refractivity contribution is 5.14. The molecular formula is C12H23N. The zero-order chi connectivity index (χ0) is 9.69. The third-order valence-electron chi connectivity index (χ3n) is 5.02. The number of hydrogen-bond acceptors (Lipinski definition) is 1. The van der Waals surface area contributed by atoms with Gasteiger partial charge in [0.25, 0.3) is 0 Å². The molecular weight excluding hydrogens is 158 g/mol. The Balaban J connectivity index is 2.10. The lowest BCUT2D eigenvalue weighted by Crippen LogP contribution is -2.33. The van der Waals surface area contributed by atoms with Gasteiger partial charge in [-0.2, -0.15) is 0 Å². The molecule has 0 bridgehead atoms. The maximum Gasteiger partial charge on any atom is -0.00406 e. The van der Waals surface area contributed by atoms with Crippen LogP contribution in [-0.2, 0) is 0 Å². The van der Waals surface area contributed by atoms with E-state index in [1.165, 1.54) is 25.7 Å². The van der Waals surface area contributed by atoms with Gasteiger partial charge in [0, 0.05) is 0 Å². The molecule has 0 aromatic heterocycles. The Morgan fingerprint density at radius 2 is 1.92 bits per heavy atom. The molecule has 0 heterocycles. The molecule has 0 radical (unpaired) electrons. The van der Waals surface area contributed by atoms with Gasteiger partial charge in [-0.15, -0.1) is 0 Å². The van der Waals surface area contributed by atoms with Crippen LogP contribution < -0.4 is 5.73 Å². The molecule has 0 spiro atoms. The van der Waals surface area contributed by atoms with Crippen LogP contribution in [0.2, 0.25) is 0 Å². The van der Waals surface area contributed by atoms with E-state index in [1.54, 1.807) is 0 Å². The number of nitrogens with two attached hydrogens (primary N) is 1. The molecule has 2 N–H and O–H groups in total. The van der Waals surface area contributed by atoms with Gasteiger partial charge in [-0.05, 0) is 42.1 Å². The van der Waals surface area contributed by atoms with Gasteiger partial charge in [0.15, 0.2) is 0 Å². The molecule has 1 nitrogen and oxygen atoms in total. The van der Waals surface area contributed by atoms with E-state index in [9.17, 15) is 0 Å². The second-order valence-electron chi connectivity index (χ2n) is 5.71. The molecule has 0 saturated heterocycles. The Labute approximate surface area is 82.1 Å². The molecule has 2 unspecified atom stereocenters. The Hall–Kier alpha value is -0.0400. The lowest BCUT2D eigenvalue weighted by atomic mass is 9.62. The molecule has 2 rings (SSSR count). The molecule has 2 fully saturated rings. The van der Waals surface area contributed by atoms with Crippen LogP contribution in [0.15, 0.2) is 0 Å². The van der Waals surface area contributed by atoms with Gasteiger partial charge in [0.2, 0.25) is 0 Å². The summed E-state index contributed by atoms with van der Waals surface area (Å²) < 4.78 is 0. The van der Waals surface area contributed by atoms with Crippen LogP contribution >= 0.6 is 0 Å². The third-order valence-corrected chi connectivity index (χ3v) is 5.02. The van der Waals surface area contributed by atoms with Crippen LogP contribution in [0, 0.1) is 22.7 Å². The minimum absolute atomic E-state index is 0.547. The molecule has 2 aliphatic rings. The van der Waals surface area contributed by atoms with E-state index in [2.05, 4.69) is 20.8 Å². The molecule has 0 amide bonds. The van der Waals surface area contributed by atoms with Crippen molar-refractivity contribution in [1.82, 2.24) is 0 Å². The molecule has 0 aromatic carbocycles. The first-order chi connectivity index (χ1) is 6.08. The average molecular weight is 181 g/mol. The summed E-state index contributed by atoms with van der Waals surface area (Å²) in [6.07, 6.45) is 5.76. The van der Waals surface area contributed by atoms with E-state index in [1.807, 2.05) is 0 Å². The summed E-state index contributed by atoms with van der Waals surface area (Å²) in [6, 6.07) is 0. The van der Waals surface area contributed by atoms with E-state index in [0.717, 1.165) is 18.4 Å². The van der Waals surface area contributed by atoms with Gasteiger partial charge in [0.1, 0.15) is 0 Å². The summed E-state index contributed by atoms with van der Waals surface area (Å²) >= 11 is 0. The monoisotopic (exact) mass is 181 g/mol.